The Bertz CT molecular complexity index is 950. The van der Waals surface area contributed by atoms with Crippen molar-refractivity contribution in [2.24, 2.45) is 0 Å². The van der Waals surface area contributed by atoms with Crippen LogP contribution in [-0.4, -0.2) is 38.0 Å². The van der Waals surface area contributed by atoms with E-state index in [0.29, 0.717) is 11.6 Å². The van der Waals surface area contributed by atoms with Gasteiger partial charge in [0.2, 0.25) is 11.8 Å². The van der Waals surface area contributed by atoms with Crippen molar-refractivity contribution in [1.82, 2.24) is 24.9 Å². The minimum absolute atomic E-state index is 0.129. The Labute approximate surface area is 175 Å². The van der Waals surface area contributed by atoms with Crippen LogP contribution in [-0.2, 0) is 11.2 Å². The lowest BCUT2D eigenvalue weighted by Crippen LogP contribution is -2.31. The van der Waals surface area contributed by atoms with Crippen LogP contribution in [0.3, 0.4) is 0 Å². The molecule has 1 aliphatic heterocycles. The maximum Gasteiger partial charge on any atom is 0.237 e. The normalized spacial score (nSPS) is 15.1. The maximum absolute atomic E-state index is 5.45. The third-order valence-electron chi connectivity index (χ3n) is 5.01. The second-order valence-corrected chi connectivity index (χ2v) is 9.49. The number of hydrogen-bond acceptors (Lipinski definition) is 7. The average Bonchev–Trinajstić information content (AvgIpc) is 3.35. The van der Waals surface area contributed by atoms with Gasteiger partial charge >= 0.3 is 0 Å². The summed E-state index contributed by atoms with van der Waals surface area (Å²) >= 11 is 1.57. The highest BCUT2D eigenvalue weighted by atomic mass is 32.2. The monoisotopic (exact) mass is 412 g/mol. The van der Waals surface area contributed by atoms with E-state index in [0.717, 1.165) is 35.7 Å². The number of piperidine rings is 1. The first-order valence-electron chi connectivity index (χ1n) is 10.1. The molecule has 1 aliphatic rings. The number of aryl methyl sites for hydroxylation is 1. The molecule has 1 aromatic carbocycles. The first-order chi connectivity index (χ1) is 13.9. The number of anilines is 1. The number of rotatable bonds is 5. The lowest BCUT2D eigenvalue weighted by Gasteiger charge is -2.27. The van der Waals surface area contributed by atoms with Gasteiger partial charge in [-0.05, 0) is 38.3 Å². The quantitative estimate of drug-likeness (QED) is 0.570. The van der Waals surface area contributed by atoms with Gasteiger partial charge in [0, 0.05) is 18.5 Å². The van der Waals surface area contributed by atoms with Crippen LogP contribution in [0.4, 0.5) is 5.95 Å². The summed E-state index contributed by atoms with van der Waals surface area (Å²) in [5.74, 6) is 2.81. The largest absolute Gasteiger partial charge is 0.341 e. The van der Waals surface area contributed by atoms with Crippen molar-refractivity contribution >= 4 is 17.7 Å². The average molecular weight is 413 g/mol. The molecule has 7 nitrogen and oxygen atoms in total. The number of nitrogens with zero attached hydrogens (tertiary/aromatic N) is 6. The lowest BCUT2D eigenvalue weighted by molar-refractivity contribution is 0.372. The summed E-state index contributed by atoms with van der Waals surface area (Å²) < 4.78 is 7.60. The molecule has 1 fully saturated rings. The molecular formula is C21H28N6OS. The zero-order chi connectivity index (χ0) is 20.4. The minimum Gasteiger partial charge on any atom is -0.341 e. The summed E-state index contributed by atoms with van der Waals surface area (Å²) in [7, 11) is 0. The summed E-state index contributed by atoms with van der Waals surface area (Å²) in [6.45, 7) is 10.4. The second kappa shape index (κ2) is 8.18. The molecule has 154 valence electrons. The molecule has 0 atom stereocenters. The van der Waals surface area contributed by atoms with Crippen LogP contribution in [0.1, 0.15) is 57.3 Å². The summed E-state index contributed by atoms with van der Waals surface area (Å²) in [6, 6.07) is 8.50. The van der Waals surface area contributed by atoms with Crippen molar-refractivity contribution in [1.29, 1.82) is 0 Å². The standard InChI is InChI=1S/C21H28N6OS/c1-15-8-10-16(11-9-15)27-19(26-12-6-5-7-13-26)23-24-20(27)29-14-17-22-18(25-28-17)21(2,3)4/h8-11H,5-7,12-14H2,1-4H3. The van der Waals surface area contributed by atoms with Crippen LogP contribution >= 0.6 is 11.8 Å². The van der Waals surface area contributed by atoms with Gasteiger partial charge in [0.15, 0.2) is 11.0 Å². The van der Waals surface area contributed by atoms with Gasteiger partial charge < -0.3 is 9.42 Å². The van der Waals surface area contributed by atoms with E-state index in [4.69, 9.17) is 4.52 Å². The van der Waals surface area contributed by atoms with Gasteiger partial charge in [-0.25, -0.2) is 0 Å². The van der Waals surface area contributed by atoms with Crippen molar-refractivity contribution in [3.8, 4) is 5.69 Å². The predicted molar refractivity (Wildman–Crippen MR) is 115 cm³/mol. The van der Waals surface area contributed by atoms with E-state index in [1.807, 2.05) is 0 Å². The molecule has 2 aromatic heterocycles. The third-order valence-corrected chi connectivity index (χ3v) is 5.92. The molecule has 4 rings (SSSR count). The predicted octanol–water partition coefficient (Wildman–Crippen LogP) is 4.54. The zero-order valence-electron chi connectivity index (χ0n) is 17.6. The van der Waals surface area contributed by atoms with Gasteiger partial charge in [0.1, 0.15) is 0 Å². The Morgan fingerprint density at radius 1 is 1.03 bits per heavy atom. The molecule has 0 saturated carbocycles. The fourth-order valence-electron chi connectivity index (χ4n) is 3.32. The van der Waals surface area contributed by atoms with Crippen molar-refractivity contribution < 1.29 is 4.52 Å². The van der Waals surface area contributed by atoms with Gasteiger partial charge in [0.25, 0.3) is 0 Å². The topological polar surface area (TPSA) is 72.9 Å². The molecule has 3 aromatic rings. The fraction of sp³-hybridized carbons (Fsp3) is 0.524. The molecule has 0 amide bonds. The Morgan fingerprint density at radius 3 is 2.41 bits per heavy atom. The van der Waals surface area contributed by atoms with Crippen molar-refractivity contribution in [3.05, 3.63) is 41.5 Å². The molecule has 0 spiro atoms. The minimum atomic E-state index is -0.129. The molecule has 0 N–H and O–H groups in total. The number of aromatic nitrogens is 5. The van der Waals surface area contributed by atoms with E-state index < -0.39 is 0 Å². The van der Waals surface area contributed by atoms with Crippen LogP contribution in [0, 0.1) is 6.92 Å². The molecular weight excluding hydrogens is 384 g/mol. The fourth-order valence-corrected chi connectivity index (χ4v) is 4.10. The molecule has 29 heavy (non-hydrogen) atoms. The molecule has 0 aliphatic carbocycles. The van der Waals surface area contributed by atoms with E-state index in [9.17, 15) is 0 Å². The molecule has 0 radical (unpaired) electrons. The molecule has 0 bridgehead atoms. The van der Waals surface area contributed by atoms with Gasteiger partial charge in [-0.3, -0.25) is 4.57 Å². The highest BCUT2D eigenvalue weighted by molar-refractivity contribution is 7.98. The maximum atomic E-state index is 5.45. The lowest BCUT2D eigenvalue weighted by atomic mass is 9.96. The smallest absolute Gasteiger partial charge is 0.237 e. The van der Waals surface area contributed by atoms with E-state index in [1.54, 1.807) is 11.8 Å². The van der Waals surface area contributed by atoms with E-state index in [2.05, 4.69) is 81.8 Å². The summed E-state index contributed by atoms with van der Waals surface area (Å²) in [4.78, 5) is 6.88. The van der Waals surface area contributed by atoms with Crippen LogP contribution in [0.15, 0.2) is 33.9 Å². The summed E-state index contributed by atoms with van der Waals surface area (Å²) in [6.07, 6.45) is 3.67. The van der Waals surface area contributed by atoms with Crippen molar-refractivity contribution in [2.75, 3.05) is 18.0 Å². The Hall–Kier alpha value is -2.35. The van der Waals surface area contributed by atoms with E-state index >= 15 is 0 Å². The molecule has 8 heteroatoms. The number of hydrogen-bond donors (Lipinski definition) is 0. The third kappa shape index (κ3) is 4.47. The van der Waals surface area contributed by atoms with Crippen LogP contribution in [0.25, 0.3) is 5.69 Å². The Balaban J connectivity index is 1.61. The van der Waals surface area contributed by atoms with Crippen LogP contribution in [0.2, 0.25) is 0 Å². The van der Waals surface area contributed by atoms with Crippen LogP contribution in [0.5, 0.6) is 0 Å². The first kappa shape index (κ1) is 19.9. The van der Waals surface area contributed by atoms with Crippen LogP contribution < -0.4 is 4.90 Å². The summed E-state index contributed by atoms with van der Waals surface area (Å²) in [5.41, 5.74) is 2.18. The van der Waals surface area contributed by atoms with Gasteiger partial charge in [-0.1, -0.05) is 55.4 Å². The van der Waals surface area contributed by atoms with Gasteiger partial charge in [-0.15, -0.1) is 10.2 Å². The molecule has 0 unspecified atom stereocenters. The van der Waals surface area contributed by atoms with Gasteiger partial charge in [-0.2, -0.15) is 4.98 Å². The number of benzene rings is 1. The van der Waals surface area contributed by atoms with Crippen molar-refractivity contribution in [3.63, 3.8) is 0 Å². The highest BCUT2D eigenvalue weighted by Crippen LogP contribution is 2.30. The Kier molecular flexibility index (Phi) is 5.63. The SMILES string of the molecule is Cc1ccc(-n2c(SCc3nc(C(C)(C)C)no3)nnc2N2CCCCC2)cc1. The molecule has 3 heterocycles. The van der Waals surface area contributed by atoms with Crippen molar-refractivity contribution in [2.45, 2.75) is 63.3 Å². The highest BCUT2D eigenvalue weighted by Gasteiger charge is 2.24. The van der Waals surface area contributed by atoms with Gasteiger partial charge in [0.05, 0.1) is 11.4 Å². The first-order valence-corrected chi connectivity index (χ1v) is 11.1. The second-order valence-electron chi connectivity index (χ2n) is 8.55. The number of thioether (sulfide) groups is 1. The zero-order valence-corrected chi connectivity index (χ0v) is 18.4. The van der Waals surface area contributed by atoms with E-state index in [-0.39, 0.29) is 5.41 Å². The molecule has 1 saturated heterocycles. The Morgan fingerprint density at radius 2 is 1.76 bits per heavy atom. The van der Waals surface area contributed by atoms with E-state index in [1.165, 1.54) is 24.8 Å². The summed E-state index contributed by atoms with van der Waals surface area (Å²) in [5, 5.41) is 14.0.